The molecule has 1 unspecified atom stereocenters. The van der Waals surface area contributed by atoms with Gasteiger partial charge in [-0.25, -0.2) is 0 Å². The standard InChI is InChI=1S/C51H88O6/c1-4-7-10-13-16-19-21-23-25-26-27-29-30-32-35-38-41-44-50(53)56-47-48(46-55-49(52)43-40-37-34-18-15-12-9-6-3)57-51(54)45-42-39-36-33-31-28-24-22-20-17-14-11-8-5-2/h7,10,14,16-17,19,22-25,48H,4-6,8-9,11-13,15,18,20-21,26-47H2,1-3H3/b10-7-,17-14-,19-16-,24-22-,25-23-. The van der Waals surface area contributed by atoms with Gasteiger partial charge in [0, 0.05) is 19.3 Å². The van der Waals surface area contributed by atoms with Crippen LogP contribution in [-0.2, 0) is 28.6 Å². The van der Waals surface area contributed by atoms with Crippen LogP contribution in [0.3, 0.4) is 0 Å². The van der Waals surface area contributed by atoms with E-state index in [1.807, 2.05) is 0 Å². The lowest BCUT2D eigenvalue weighted by Gasteiger charge is -2.18. The first kappa shape index (κ1) is 54.1. The molecule has 57 heavy (non-hydrogen) atoms. The highest BCUT2D eigenvalue weighted by Crippen LogP contribution is 2.14. The van der Waals surface area contributed by atoms with Crippen molar-refractivity contribution in [3.63, 3.8) is 0 Å². The highest BCUT2D eigenvalue weighted by atomic mass is 16.6. The molecule has 0 saturated heterocycles. The normalized spacial score (nSPS) is 12.5. The second-order valence-corrected chi connectivity index (χ2v) is 15.6. The molecule has 6 nitrogen and oxygen atoms in total. The first-order valence-electron chi connectivity index (χ1n) is 23.8. The van der Waals surface area contributed by atoms with Gasteiger partial charge in [0.2, 0.25) is 0 Å². The third kappa shape index (κ3) is 44.1. The van der Waals surface area contributed by atoms with Crippen LogP contribution >= 0.6 is 0 Å². The summed E-state index contributed by atoms with van der Waals surface area (Å²) < 4.78 is 16.7. The van der Waals surface area contributed by atoms with Crippen molar-refractivity contribution in [1.82, 2.24) is 0 Å². The maximum absolute atomic E-state index is 12.7. The molecule has 0 aliphatic carbocycles. The van der Waals surface area contributed by atoms with E-state index in [1.165, 1.54) is 77.0 Å². The summed E-state index contributed by atoms with van der Waals surface area (Å²) in [5.41, 5.74) is 0. The van der Waals surface area contributed by atoms with E-state index in [0.29, 0.717) is 19.3 Å². The summed E-state index contributed by atoms with van der Waals surface area (Å²) in [4.78, 5) is 37.7. The Morgan fingerprint density at radius 1 is 0.368 bits per heavy atom. The Kier molecular flexibility index (Phi) is 43.5. The molecule has 6 heteroatoms. The van der Waals surface area contributed by atoms with Crippen molar-refractivity contribution in [2.24, 2.45) is 0 Å². The fourth-order valence-electron chi connectivity index (χ4n) is 6.41. The summed E-state index contributed by atoms with van der Waals surface area (Å²) in [5, 5.41) is 0. The predicted molar refractivity (Wildman–Crippen MR) is 242 cm³/mol. The van der Waals surface area contributed by atoms with Gasteiger partial charge in [-0.1, -0.05) is 191 Å². The van der Waals surface area contributed by atoms with Crippen molar-refractivity contribution in [1.29, 1.82) is 0 Å². The molecule has 0 aromatic rings. The van der Waals surface area contributed by atoms with E-state index in [2.05, 4.69) is 81.5 Å². The van der Waals surface area contributed by atoms with Crippen molar-refractivity contribution >= 4 is 17.9 Å². The molecule has 0 saturated carbocycles. The highest BCUT2D eigenvalue weighted by Gasteiger charge is 2.19. The van der Waals surface area contributed by atoms with Gasteiger partial charge >= 0.3 is 17.9 Å². The summed E-state index contributed by atoms with van der Waals surface area (Å²) in [5.74, 6) is -0.912. The number of allylic oxidation sites excluding steroid dienone is 10. The third-order valence-corrected chi connectivity index (χ3v) is 10.0. The second-order valence-electron chi connectivity index (χ2n) is 15.6. The summed E-state index contributed by atoms with van der Waals surface area (Å²) in [6, 6.07) is 0. The molecular formula is C51H88O6. The van der Waals surface area contributed by atoms with Gasteiger partial charge in [-0.05, 0) is 77.0 Å². The summed E-state index contributed by atoms with van der Waals surface area (Å²) in [6.07, 6.45) is 54.9. The fourth-order valence-corrected chi connectivity index (χ4v) is 6.41. The Hall–Kier alpha value is -2.89. The quantitative estimate of drug-likeness (QED) is 0.0265. The number of hydrogen-bond donors (Lipinski definition) is 0. The minimum Gasteiger partial charge on any atom is -0.462 e. The molecule has 1 atom stereocenters. The molecule has 0 aromatic heterocycles. The first-order valence-corrected chi connectivity index (χ1v) is 23.8. The number of carbonyl (C=O) groups excluding carboxylic acids is 3. The van der Waals surface area contributed by atoms with E-state index < -0.39 is 6.10 Å². The lowest BCUT2D eigenvalue weighted by Crippen LogP contribution is -2.30. The molecule has 328 valence electrons. The van der Waals surface area contributed by atoms with E-state index >= 15 is 0 Å². The van der Waals surface area contributed by atoms with Crippen molar-refractivity contribution in [3.8, 4) is 0 Å². The number of ether oxygens (including phenoxy) is 3. The van der Waals surface area contributed by atoms with Crippen LogP contribution in [0.1, 0.15) is 226 Å². The van der Waals surface area contributed by atoms with Crippen LogP contribution in [0.2, 0.25) is 0 Å². The van der Waals surface area contributed by atoms with Crippen LogP contribution in [0.5, 0.6) is 0 Å². The molecular weight excluding hydrogens is 709 g/mol. The molecule has 0 aliphatic rings. The van der Waals surface area contributed by atoms with Gasteiger partial charge in [0.15, 0.2) is 6.10 Å². The van der Waals surface area contributed by atoms with E-state index in [-0.39, 0.29) is 31.1 Å². The Balaban J connectivity index is 4.35. The SMILES string of the molecule is CC/C=C\C/C=C\C/C=C\CCCCCCCCCC(=O)OCC(COC(=O)CCCCCCCCCC)OC(=O)CCCCCCC/C=C\C/C=C\CCCC. The van der Waals surface area contributed by atoms with Gasteiger partial charge < -0.3 is 14.2 Å². The number of esters is 3. The minimum absolute atomic E-state index is 0.0826. The zero-order chi connectivity index (χ0) is 41.5. The summed E-state index contributed by atoms with van der Waals surface area (Å²) >= 11 is 0. The van der Waals surface area contributed by atoms with Crippen LogP contribution in [0.4, 0.5) is 0 Å². The first-order chi connectivity index (χ1) is 28.0. The molecule has 0 spiro atoms. The minimum atomic E-state index is -0.781. The Morgan fingerprint density at radius 3 is 1.12 bits per heavy atom. The van der Waals surface area contributed by atoms with Gasteiger partial charge in [-0.15, -0.1) is 0 Å². The smallest absolute Gasteiger partial charge is 0.306 e. The largest absolute Gasteiger partial charge is 0.462 e. The monoisotopic (exact) mass is 797 g/mol. The number of carbonyl (C=O) groups is 3. The molecule has 0 heterocycles. The molecule has 0 aromatic carbocycles. The zero-order valence-electron chi connectivity index (χ0n) is 37.3. The van der Waals surface area contributed by atoms with Crippen molar-refractivity contribution in [3.05, 3.63) is 60.8 Å². The maximum atomic E-state index is 12.7. The Labute approximate surface area is 351 Å². The van der Waals surface area contributed by atoms with Crippen LogP contribution < -0.4 is 0 Å². The van der Waals surface area contributed by atoms with Gasteiger partial charge in [0.05, 0.1) is 0 Å². The van der Waals surface area contributed by atoms with Gasteiger partial charge in [-0.3, -0.25) is 14.4 Å². The Morgan fingerprint density at radius 2 is 0.702 bits per heavy atom. The van der Waals surface area contributed by atoms with Crippen molar-refractivity contribution in [2.75, 3.05) is 13.2 Å². The molecule has 0 N–H and O–H groups in total. The van der Waals surface area contributed by atoms with E-state index in [1.54, 1.807) is 0 Å². The van der Waals surface area contributed by atoms with Gasteiger partial charge in [-0.2, -0.15) is 0 Å². The van der Waals surface area contributed by atoms with Crippen LogP contribution in [0, 0.1) is 0 Å². The number of unbranched alkanes of at least 4 members (excludes halogenated alkanes) is 21. The maximum Gasteiger partial charge on any atom is 0.306 e. The molecule has 0 rings (SSSR count). The topological polar surface area (TPSA) is 78.9 Å². The number of hydrogen-bond acceptors (Lipinski definition) is 6. The molecule has 0 radical (unpaired) electrons. The third-order valence-electron chi connectivity index (χ3n) is 10.0. The number of rotatable bonds is 42. The lowest BCUT2D eigenvalue weighted by atomic mass is 10.1. The predicted octanol–water partition coefficient (Wildman–Crippen LogP) is 15.3. The van der Waals surface area contributed by atoms with Crippen LogP contribution in [-0.4, -0.2) is 37.2 Å². The van der Waals surface area contributed by atoms with E-state index in [9.17, 15) is 14.4 Å². The zero-order valence-corrected chi connectivity index (χ0v) is 37.3. The van der Waals surface area contributed by atoms with Crippen LogP contribution in [0.25, 0.3) is 0 Å². The Bertz CT molecular complexity index is 1050. The second kappa shape index (κ2) is 45.8. The van der Waals surface area contributed by atoms with Crippen LogP contribution in [0.15, 0.2) is 60.8 Å². The summed E-state index contributed by atoms with van der Waals surface area (Å²) in [7, 11) is 0. The lowest BCUT2D eigenvalue weighted by molar-refractivity contribution is -0.167. The molecule has 0 amide bonds. The molecule has 0 bridgehead atoms. The van der Waals surface area contributed by atoms with Gasteiger partial charge in [0.25, 0.3) is 0 Å². The fraction of sp³-hybridized carbons (Fsp3) is 0.745. The van der Waals surface area contributed by atoms with Crippen molar-refractivity contribution in [2.45, 2.75) is 232 Å². The summed E-state index contributed by atoms with van der Waals surface area (Å²) in [6.45, 7) is 6.43. The van der Waals surface area contributed by atoms with Crippen molar-refractivity contribution < 1.29 is 28.6 Å². The molecule has 0 fully saturated rings. The van der Waals surface area contributed by atoms with Gasteiger partial charge in [0.1, 0.15) is 13.2 Å². The van der Waals surface area contributed by atoms with E-state index in [4.69, 9.17) is 14.2 Å². The van der Waals surface area contributed by atoms with E-state index in [0.717, 1.165) is 109 Å². The average molecular weight is 797 g/mol. The molecule has 0 aliphatic heterocycles. The highest BCUT2D eigenvalue weighted by molar-refractivity contribution is 5.71. The average Bonchev–Trinajstić information content (AvgIpc) is 3.21.